The summed E-state index contributed by atoms with van der Waals surface area (Å²) in [6.45, 7) is 8.44. The summed E-state index contributed by atoms with van der Waals surface area (Å²) in [6, 6.07) is 26.5. The van der Waals surface area contributed by atoms with Crippen LogP contribution in [-0.2, 0) is 15.7 Å². The van der Waals surface area contributed by atoms with E-state index in [2.05, 4.69) is 117 Å². The van der Waals surface area contributed by atoms with Gasteiger partial charge in [0.25, 0.3) is 0 Å². The Labute approximate surface area is 232 Å². The number of benzene rings is 4. The molecule has 192 valence electrons. The average Bonchev–Trinajstić information content (AvgIpc) is 3.56. The first-order valence-electron chi connectivity index (χ1n) is 13.9. The van der Waals surface area contributed by atoms with Gasteiger partial charge in [0.1, 0.15) is 0 Å². The summed E-state index contributed by atoms with van der Waals surface area (Å²) in [5.41, 5.74) is 6.80. The summed E-state index contributed by atoms with van der Waals surface area (Å²) < 4.78 is 18.1. The van der Waals surface area contributed by atoms with E-state index in [-0.39, 0.29) is 11.2 Å². The van der Waals surface area contributed by atoms with Crippen LogP contribution in [0.5, 0.6) is 0 Å². The molecule has 1 fully saturated rings. The molecule has 8 rings (SSSR count). The molecule has 0 saturated carbocycles. The molecule has 2 aliphatic rings. The largest absolute Gasteiger partial charge is 0.494 e. The number of aromatic nitrogens is 1. The monoisotopic (exact) mass is 527 g/mol. The van der Waals surface area contributed by atoms with Crippen molar-refractivity contribution in [2.75, 3.05) is 0 Å². The van der Waals surface area contributed by atoms with Crippen molar-refractivity contribution < 1.29 is 9.31 Å². The molecule has 2 aromatic heterocycles. The molecule has 0 spiro atoms. The summed E-state index contributed by atoms with van der Waals surface area (Å²) in [6.07, 6.45) is 6.88. The van der Waals surface area contributed by atoms with E-state index < -0.39 is 7.12 Å². The van der Waals surface area contributed by atoms with E-state index in [1.165, 1.54) is 53.1 Å². The van der Waals surface area contributed by atoms with Crippen molar-refractivity contribution in [1.29, 1.82) is 0 Å². The average molecular weight is 527 g/mol. The Hall–Kier alpha value is -3.38. The van der Waals surface area contributed by atoms with Crippen LogP contribution in [0.1, 0.15) is 45.2 Å². The maximum absolute atomic E-state index is 6.45. The summed E-state index contributed by atoms with van der Waals surface area (Å²) in [5.74, 6) is 0. The van der Waals surface area contributed by atoms with E-state index in [9.17, 15) is 0 Å². The van der Waals surface area contributed by atoms with Crippen LogP contribution in [0, 0.1) is 0 Å². The van der Waals surface area contributed by atoms with Gasteiger partial charge in [-0.05, 0) is 81.4 Å². The number of hydrogen-bond donors (Lipinski definition) is 0. The number of aryl methyl sites for hydroxylation is 1. The van der Waals surface area contributed by atoms with E-state index in [0.717, 1.165) is 24.0 Å². The molecule has 1 saturated heterocycles. The van der Waals surface area contributed by atoms with Crippen LogP contribution in [0.4, 0.5) is 0 Å². The Morgan fingerprint density at radius 2 is 1.56 bits per heavy atom. The van der Waals surface area contributed by atoms with Crippen molar-refractivity contribution in [1.82, 2.24) is 4.57 Å². The molecule has 0 N–H and O–H groups in total. The highest BCUT2D eigenvalue weighted by Gasteiger charge is 2.51. The normalized spacial score (nSPS) is 18.1. The Bertz CT molecular complexity index is 1980. The van der Waals surface area contributed by atoms with Crippen LogP contribution < -0.4 is 5.46 Å². The third kappa shape index (κ3) is 3.24. The molecular formula is C34H30BNO2S. The van der Waals surface area contributed by atoms with Gasteiger partial charge in [-0.2, -0.15) is 0 Å². The Morgan fingerprint density at radius 1 is 0.821 bits per heavy atom. The van der Waals surface area contributed by atoms with E-state index in [0.29, 0.717) is 0 Å². The van der Waals surface area contributed by atoms with Gasteiger partial charge in [-0.25, -0.2) is 0 Å². The second-order valence-corrected chi connectivity index (χ2v) is 12.9. The SMILES string of the molecule is CC1(C)OB(c2cccc(-n3c4ccccc4c4c5c(c6sc7ccccc7c6c43)CCC=C5)c2)OC1(C)C. The van der Waals surface area contributed by atoms with Gasteiger partial charge in [0.15, 0.2) is 0 Å². The molecule has 39 heavy (non-hydrogen) atoms. The topological polar surface area (TPSA) is 23.4 Å². The number of rotatable bonds is 2. The Kier molecular flexibility index (Phi) is 4.87. The second-order valence-electron chi connectivity index (χ2n) is 11.9. The number of fused-ring (bicyclic) bond motifs is 10. The predicted molar refractivity (Wildman–Crippen MR) is 167 cm³/mol. The van der Waals surface area contributed by atoms with Crippen molar-refractivity contribution in [3.05, 3.63) is 90.0 Å². The van der Waals surface area contributed by atoms with Crippen LogP contribution >= 0.6 is 11.3 Å². The third-order valence-electron chi connectivity index (χ3n) is 9.07. The van der Waals surface area contributed by atoms with Crippen molar-refractivity contribution in [2.24, 2.45) is 0 Å². The van der Waals surface area contributed by atoms with Gasteiger partial charge in [-0.3, -0.25) is 0 Å². The standard InChI is InChI=1S/C34H30BNO2S/c1-33(2)34(3,4)38-35(37-33)21-12-11-13-22(20-21)36-27-18-9-7-16-25(27)29-23-14-5-6-15-24(23)32-30(31(29)36)26-17-8-10-19-28(26)39-32/h5,7-14,16-20H,6,15H2,1-4H3. The molecule has 1 aliphatic carbocycles. The fraction of sp³-hybridized carbons (Fsp3) is 0.235. The Morgan fingerprint density at radius 3 is 2.38 bits per heavy atom. The molecular weight excluding hydrogens is 497 g/mol. The number of thiophene rings is 1. The van der Waals surface area contributed by atoms with Gasteiger partial charge in [0, 0.05) is 36.6 Å². The van der Waals surface area contributed by atoms with Crippen LogP contribution in [0.15, 0.2) is 78.9 Å². The summed E-state index contributed by atoms with van der Waals surface area (Å²) >= 11 is 1.94. The maximum Gasteiger partial charge on any atom is 0.494 e. The second kappa shape index (κ2) is 8.08. The number of para-hydroxylation sites is 1. The van der Waals surface area contributed by atoms with Crippen molar-refractivity contribution in [3.63, 3.8) is 0 Å². The molecule has 0 atom stereocenters. The van der Waals surface area contributed by atoms with E-state index in [4.69, 9.17) is 9.31 Å². The zero-order valence-corrected chi connectivity index (χ0v) is 23.6. The first-order chi connectivity index (χ1) is 18.8. The van der Waals surface area contributed by atoms with Gasteiger partial charge in [0.05, 0.1) is 22.2 Å². The first-order valence-corrected chi connectivity index (χ1v) is 14.7. The molecule has 0 amide bonds. The lowest BCUT2D eigenvalue weighted by Crippen LogP contribution is -2.41. The van der Waals surface area contributed by atoms with E-state index >= 15 is 0 Å². The van der Waals surface area contributed by atoms with Crippen LogP contribution in [0.3, 0.4) is 0 Å². The highest BCUT2D eigenvalue weighted by atomic mass is 32.1. The minimum Gasteiger partial charge on any atom is -0.399 e. The van der Waals surface area contributed by atoms with E-state index in [1.807, 2.05) is 11.3 Å². The fourth-order valence-corrected chi connectivity index (χ4v) is 7.72. The molecule has 0 bridgehead atoms. The smallest absolute Gasteiger partial charge is 0.399 e. The molecule has 1 aliphatic heterocycles. The quantitative estimate of drug-likeness (QED) is 0.211. The minimum atomic E-state index is -0.402. The molecule has 5 heteroatoms. The zero-order chi connectivity index (χ0) is 26.5. The van der Waals surface area contributed by atoms with Gasteiger partial charge in [-0.15, -0.1) is 11.3 Å². The lowest BCUT2D eigenvalue weighted by atomic mass is 9.79. The summed E-state index contributed by atoms with van der Waals surface area (Å²) in [4.78, 5) is 0. The number of allylic oxidation sites excluding steroid dienone is 1. The summed E-state index contributed by atoms with van der Waals surface area (Å²) in [5, 5.41) is 5.37. The van der Waals surface area contributed by atoms with Crippen molar-refractivity contribution in [2.45, 2.75) is 51.7 Å². The van der Waals surface area contributed by atoms with Crippen LogP contribution in [0.25, 0.3) is 53.7 Å². The van der Waals surface area contributed by atoms with Crippen molar-refractivity contribution >= 4 is 72.0 Å². The van der Waals surface area contributed by atoms with E-state index in [1.54, 1.807) is 0 Å². The number of nitrogens with zero attached hydrogens (tertiary/aromatic N) is 1. The highest BCUT2D eigenvalue weighted by molar-refractivity contribution is 7.26. The highest BCUT2D eigenvalue weighted by Crippen LogP contribution is 2.48. The maximum atomic E-state index is 6.45. The van der Waals surface area contributed by atoms with Crippen LogP contribution in [-0.4, -0.2) is 22.9 Å². The van der Waals surface area contributed by atoms with Gasteiger partial charge in [-0.1, -0.05) is 60.7 Å². The Balaban J connectivity index is 1.49. The van der Waals surface area contributed by atoms with Gasteiger partial charge < -0.3 is 13.9 Å². The molecule has 4 aromatic carbocycles. The van der Waals surface area contributed by atoms with Crippen molar-refractivity contribution in [3.8, 4) is 5.69 Å². The number of hydrogen-bond acceptors (Lipinski definition) is 3. The third-order valence-corrected chi connectivity index (χ3v) is 10.3. The molecule has 3 nitrogen and oxygen atoms in total. The molecule has 0 radical (unpaired) electrons. The van der Waals surface area contributed by atoms with Gasteiger partial charge in [0.2, 0.25) is 0 Å². The van der Waals surface area contributed by atoms with Gasteiger partial charge >= 0.3 is 7.12 Å². The zero-order valence-electron chi connectivity index (χ0n) is 22.7. The molecule has 3 heterocycles. The molecule has 0 unspecified atom stereocenters. The molecule has 6 aromatic rings. The fourth-order valence-electron chi connectivity index (χ4n) is 6.43. The minimum absolute atomic E-state index is 0.381. The summed E-state index contributed by atoms with van der Waals surface area (Å²) in [7, 11) is -0.402. The van der Waals surface area contributed by atoms with Crippen LogP contribution in [0.2, 0.25) is 0 Å². The lowest BCUT2D eigenvalue weighted by Gasteiger charge is -2.32. The first kappa shape index (κ1) is 23.5. The lowest BCUT2D eigenvalue weighted by molar-refractivity contribution is 0.00578. The predicted octanol–water partition coefficient (Wildman–Crippen LogP) is 8.41.